The maximum atomic E-state index is 13.8. The average molecular weight is 309 g/mol. The number of benzene rings is 1. The van der Waals surface area contributed by atoms with Crippen LogP contribution in [0.3, 0.4) is 0 Å². The van der Waals surface area contributed by atoms with Crippen LogP contribution in [0.2, 0.25) is 0 Å². The minimum Gasteiger partial charge on any atom is -0.326 e. The Kier molecular flexibility index (Phi) is 3.96. The van der Waals surface area contributed by atoms with E-state index in [4.69, 9.17) is 11.6 Å². The van der Waals surface area contributed by atoms with Crippen molar-refractivity contribution in [3.05, 3.63) is 29.3 Å². The third-order valence-corrected chi connectivity index (χ3v) is 5.37. The van der Waals surface area contributed by atoms with Gasteiger partial charge in [-0.2, -0.15) is 0 Å². The molecule has 1 heterocycles. The van der Waals surface area contributed by atoms with Crippen molar-refractivity contribution in [2.45, 2.75) is 58.4 Å². The first-order chi connectivity index (χ1) is 10.1. The van der Waals surface area contributed by atoms with Gasteiger partial charge >= 0.3 is 0 Å². The Morgan fingerprint density at radius 2 is 2.05 bits per heavy atom. The molecule has 0 unspecified atom stereocenters. The van der Waals surface area contributed by atoms with Crippen LogP contribution in [-0.2, 0) is 12.4 Å². The normalized spacial score (nSPS) is 17.7. The number of fused-ring (bicyclic) bond motifs is 1. The Hall–Kier alpha value is -1.09. The molecule has 0 amide bonds. The van der Waals surface area contributed by atoms with Gasteiger partial charge < -0.3 is 4.57 Å². The van der Waals surface area contributed by atoms with Crippen molar-refractivity contribution in [1.82, 2.24) is 9.55 Å². The van der Waals surface area contributed by atoms with Crippen molar-refractivity contribution < 1.29 is 4.39 Å². The van der Waals surface area contributed by atoms with E-state index in [9.17, 15) is 4.39 Å². The van der Waals surface area contributed by atoms with Crippen LogP contribution in [0, 0.1) is 18.2 Å². The molecule has 1 aromatic heterocycles. The zero-order valence-corrected chi connectivity index (χ0v) is 13.5. The van der Waals surface area contributed by atoms with E-state index in [0.717, 1.165) is 23.4 Å². The molecule has 1 saturated carbocycles. The van der Waals surface area contributed by atoms with E-state index < -0.39 is 0 Å². The number of halogens is 2. The van der Waals surface area contributed by atoms with Crippen LogP contribution < -0.4 is 0 Å². The highest BCUT2D eigenvalue weighted by atomic mass is 35.5. The molecule has 3 rings (SSSR count). The lowest BCUT2D eigenvalue weighted by Crippen LogP contribution is -2.23. The van der Waals surface area contributed by atoms with Gasteiger partial charge in [0.25, 0.3) is 0 Å². The summed E-state index contributed by atoms with van der Waals surface area (Å²) in [6, 6.07) is 3.44. The molecule has 114 valence electrons. The standard InChI is InChI=1S/C17H22ClFN2/c1-3-17(6-4-5-7-17)11-21-15-8-12(2)13(19)9-14(15)20-16(21)10-18/h8-9H,3-7,10-11H2,1-2H3. The van der Waals surface area contributed by atoms with Crippen LogP contribution in [0.1, 0.15) is 50.4 Å². The van der Waals surface area contributed by atoms with Crippen LogP contribution in [-0.4, -0.2) is 9.55 Å². The zero-order valence-electron chi connectivity index (χ0n) is 12.8. The van der Waals surface area contributed by atoms with E-state index in [2.05, 4.69) is 16.5 Å². The van der Waals surface area contributed by atoms with Gasteiger partial charge in [-0.3, -0.25) is 0 Å². The Balaban J connectivity index is 2.09. The SMILES string of the molecule is CCC1(Cn2c(CCl)nc3cc(F)c(C)cc32)CCCC1. The van der Waals surface area contributed by atoms with Gasteiger partial charge in [0.15, 0.2) is 0 Å². The molecule has 0 bridgehead atoms. The molecule has 0 aliphatic heterocycles. The summed E-state index contributed by atoms with van der Waals surface area (Å²) in [6.07, 6.45) is 6.33. The lowest BCUT2D eigenvalue weighted by atomic mass is 9.83. The van der Waals surface area contributed by atoms with Gasteiger partial charge in [-0.25, -0.2) is 9.37 Å². The molecule has 1 fully saturated rings. The first-order valence-corrected chi connectivity index (χ1v) is 8.33. The van der Waals surface area contributed by atoms with Crippen LogP contribution in [0.4, 0.5) is 4.39 Å². The van der Waals surface area contributed by atoms with E-state index in [1.807, 2.05) is 6.07 Å². The molecule has 1 aromatic carbocycles. The van der Waals surface area contributed by atoms with Crippen molar-refractivity contribution in [2.75, 3.05) is 0 Å². The number of rotatable bonds is 4. The molecular weight excluding hydrogens is 287 g/mol. The van der Waals surface area contributed by atoms with Crippen molar-refractivity contribution in [2.24, 2.45) is 5.41 Å². The molecule has 2 nitrogen and oxygen atoms in total. The summed E-state index contributed by atoms with van der Waals surface area (Å²) in [4.78, 5) is 4.53. The fourth-order valence-electron chi connectivity index (χ4n) is 3.66. The van der Waals surface area contributed by atoms with Crippen LogP contribution in [0.25, 0.3) is 11.0 Å². The van der Waals surface area contributed by atoms with Crippen molar-refractivity contribution in [3.63, 3.8) is 0 Å². The predicted molar refractivity (Wildman–Crippen MR) is 85.2 cm³/mol. The number of aromatic nitrogens is 2. The second kappa shape index (κ2) is 5.60. The molecule has 0 N–H and O–H groups in total. The van der Waals surface area contributed by atoms with Crippen molar-refractivity contribution in [3.8, 4) is 0 Å². The monoisotopic (exact) mass is 308 g/mol. The number of nitrogens with zero attached hydrogens (tertiary/aromatic N) is 2. The van der Waals surface area contributed by atoms with Crippen LogP contribution in [0.15, 0.2) is 12.1 Å². The minimum absolute atomic E-state index is 0.195. The molecule has 0 radical (unpaired) electrons. The Morgan fingerprint density at radius 1 is 1.33 bits per heavy atom. The van der Waals surface area contributed by atoms with Gasteiger partial charge in [-0.15, -0.1) is 11.6 Å². The van der Waals surface area contributed by atoms with Gasteiger partial charge in [0.05, 0.1) is 16.9 Å². The van der Waals surface area contributed by atoms with Gasteiger partial charge in [-0.1, -0.05) is 19.8 Å². The second-order valence-electron chi connectivity index (χ2n) is 6.40. The molecule has 0 atom stereocenters. The fraction of sp³-hybridized carbons (Fsp3) is 0.588. The van der Waals surface area contributed by atoms with Crippen LogP contribution >= 0.6 is 11.6 Å². The maximum absolute atomic E-state index is 13.8. The van der Waals surface area contributed by atoms with E-state index >= 15 is 0 Å². The van der Waals surface area contributed by atoms with Gasteiger partial charge in [0.2, 0.25) is 0 Å². The lowest BCUT2D eigenvalue weighted by Gasteiger charge is -2.29. The van der Waals surface area contributed by atoms with E-state index in [-0.39, 0.29) is 5.82 Å². The summed E-state index contributed by atoms with van der Waals surface area (Å²) in [5, 5.41) is 0. The van der Waals surface area contributed by atoms with Crippen molar-refractivity contribution >= 4 is 22.6 Å². The van der Waals surface area contributed by atoms with Gasteiger partial charge in [0.1, 0.15) is 11.6 Å². The van der Waals surface area contributed by atoms with E-state index in [1.165, 1.54) is 38.2 Å². The van der Waals surface area contributed by atoms with Gasteiger partial charge in [-0.05, 0) is 43.2 Å². The minimum atomic E-state index is -0.195. The van der Waals surface area contributed by atoms with Gasteiger partial charge in [0, 0.05) is 12.6 Å². The molecule has 4 heteroatoms. The first kappa shape index (κ1) is 14.8. The maximum Gasteiger partial charge on any atom is 0.128 e. The summed E-state index contributed by atoms with van der Waals surface area (Å²) in [6.45, 7) is 5.03. The third kappa shape index (κ3) is 2.57. The van der Waals surface area contributed by atoms with Crippen molar-refractivity contribution in [1.29, 1.82) is 0 Å². The second-order valence-corrected chi connectivity index (χ2v) is 6.67. The third-order valence-electron chi connectivity index (χ3n) is 5.13. The number of alkyl halides is 1. The first-order valence-electron chi connectivity index (χ1n) is 7.80. The Labute approximate surface area is 130 Å². The lowest BCUT2D eigenvalue weighted by molar-refractivity contribution is 0.238. The Bertz CT molecular complexity index is 656. The molecule has 0 saturated heterocycles. The fourth-order valence-corrected chi connectivity index (χ4v) is 3.87. The number of hydrogen-bond donors (Lipinski definition) is 0. The highest BCUT2D eigenvalue weighted by Gasteiger charge is 2.33. The molecule has 0 spiro atoms. The van der Waals surface area contributed by atoms with Crippen LogP contribution in [0.5, 0.6) is 0 Å². The number of hydrogen-bond acceptors (Lipinski definition) is 1. The molecular formula is C17H22ClFN2. The summed E-state index contributed by atoms with van der Waals surface area (Å²) in [7, 11) is 0. The summed E-state index contributed by atoms with van der Waals surface area (Å²) < 4.78 is 16.0. The quantitative estimate of drug-likeness (QED) is 0.710. The topological polar surface area (TPSA) is 17.8 Å². The molecule has 1 aliphatic rings. The predicted octanol–water partition coefficient (Wildman–Crippen LogP) is 5.19. The molecule has 1 aliphatic carbocycles. The molecule has 2 aromatic rings. The smallest absolute Gasteiger partial charge is 0.128 e. The highest BCUT2D eigenvalue weighted by Crippen LogP contribution is 2.43. The van der Waals surface area contributed by atoms with E-state index in [1.54, 1.807) is 6.92 Å². The summed E-state index contributed by atoms with van der Waals surface area (Å²) in [5.74, 6) is 1.03. The zero-order chi connectivity index (χ0) is 15.0. The number of imidazole rings is 1. The van der Waals surface area contributed by atoms with E-state index in [0.29, 0.717) is 16.9 Å². The summed E-state index contributed by atoms with van der Waals surface area (Å²) >= 11 is 6.08. The Morgan fingerprint density at radius 3 is 2.67 bits per heavy atom. The average Bonchev–Trinajstić information content (AvgIpc) is 3.07. The summed E-state index contributed by atoms with van der Waals surface area (Å²) in [5.41, 5.74) is 2.76. The molecule has 21 heavy (non-hydrogen) atoms. The largest absolute Gasteiger partial charge is 0.326 e. The number of aryl methyl sites for hydroxylation is 1. The highest BCUT2D eigenvalue weighted by molar-refractivity contribution is 6.16.